The van der Waals surface area contributed by atoms with E-state index in [2.05, 4.69) is 6.92 Å². The minimum Gasteiger partial charge on any atom is -0.428 e. The molecule has 0 aliphatic rings. The van der Waals surface area contributed by atoms with E-state index >= 15 is 0 Å². The molecule has 0 radical (unpaired) electrons. The average Bonchev–Trinajstić information content (AvgIpc) is 1.97. The first-order valence-electron chi connectivity index (χ1n) is 3.86. The lowest BCUT2D eigenvalue weighted by molar-refractivity contribution is 0.301. The van der Waals surface area contributed by atoms with Gasteiger partial charge < -0.3 is 4.43 Å². The summed E-state index contributed by atoms with van der Waals surface area (Å²) in [5.74, 6) is 1.58. The van der Waals surface area contributed by atoms with Gasteiger partial charge in [0.25, 0.3) is 0 Å². The molecule has 0 saturated heterocycles. The van der Waals surface area contributed by atoms with Crippen molar-refractivity contribution in [2.24, 2.45) is 5.92 Å². The molecule has 0 spiro atoms. The SMILES string of the molecule is CC(CCCCl)CCO[SiH3]. The van der Waals surface area contributed by atoms with Crippen LogP contribution in [-0.4, -0.2) is 23.0 Å². The molecule has 10 heavy (non-hydrogen) atoms. The Kier molecular flexibility index (Phi) is 7.93. The molecule has 62 valence electrons. The van der Waals surface area contributed by atoms with Crippen LogP contribution in [0.5, 0.6) is 0 Å². The largest absolute Gasteiger partial charge is 0.428 e. The lowest BCUT2D eigenvalue weighted by Crippen LogP contribution is -2.00. The molecule has 1 unspecified atom stereocenters. The van der Waals surface area contributed by atoms with Crippen LogP contribution in [0.1, 0.15) is 26.2 Å². The summed E-state index contributed by atoms with van der Waals surface area (Å²) in [5.41, 5.74) is 0. The van der Waals surface area contributed by atoms with Crippen LogP contribution in [0.3, 0.4) is 0 Å². The Morgan fingerprint density at radius 1 is 1.50 bits per heavy atom. The smallest absolute Gasteiger partial charge is 0.145 e. The van der Waals surface area contributed by atoms with Crippen LogP contribution >= 0.6 is 11.6 Å². The fraction of sp³-hybridized carbons (Fsp3) is 1.00. The predicted octanol–water partition coefficient (Wildman–Crippen LogP) is 1.33. The van der Waals surface area contributed by atoms with Crippen LogP contribution in [0.4, 0.5) is 0 Å². The highest BCUT2D eigenvalue weighted by molar-refractivity contribution is 6.17. The van der Waals surface area contributed by atoms with Gasteiger partial charge in [-0.05, 0) is 25.2 Å². The molecule has 0 aromatic rings. The number of alkyl halides is 1. The van der Waals surface area contributed by atoms with Crippen molar-refractivity contribution in [1.29, 1.82) is 0 Å². The van der Waals surface area contributed by atoms with Gasteiger partial charge in [0, 0.05) is 12.5 Å². The Morgan fingerprint density at radius 2 is 2.20 bits per heavy atom. The van der Waals surface area contributed by atoms with Gasteiger partial charge in [-0.15, -0.1) is 11.6 Å². The molecule has 0 aliphatic heterocycles. The second-order valence-corrected chi connectivity index (χ2v) is 3.67. The maximum Gasteiger partial charge on any atom is 0.145 e. The first-order valence-corrected chi connectivity index (χ1v) is 5.21. The molecule has 0 N–H and O–H groups in total. The summed E-state index contributed by atoms with van der Waals surface area (Å²) < 4.78 is 5.10. The molecule has 1 nitrogen and oxygen atoms in total. The lowest BCUT2D eigenvalue weighted by atomic mass is 10.0. The van der Waals surface area contributed by atoms with Crippen LogP contribution in [-0.2, 0) is 4.43 Å². The number of hydrogen-bond acceptors (Lipinski definition) is 1. The second-order valence-electron chi connectivity index (χ2n) is 2.72. The van der Waals surface area contributed by atoms with Crippen LogP contribution in [0.15, 0.2) is 0 Å². The predicted molar refractivity (Wildman–Crippen MR) is 49.6 cm³/mol. The summed E-state index contributed by atoms with van der Waals surface area (Å²) in [6.07, 6.45) is 3.58. The van der Waals surface area contributed by atoms with Crippen LogP contribution in [0.2, 0.25) is 0 Å². The summed E-state index contributed by atoms with van der Waals surface area (Å²) in [6, 6.07) is 0. The van der Waals surface area contributed by atoms with E-state index in [-0.39, 0.29) is 0 Å². The van der Waals surface area contributed by atoms with Crippen molar-refractivity contribution in [3.05, 3.63) is 0 Å². The maximum atomic E-state index is 5.56. The van der Waals surface area contributed by atoms with Gasteiger partial charge in [0.05, 0.1) is 0 Å². The molecular formula is C7H17ClOSi. The van der Waals surface area contributed by atoms with E-state index in [9.17, 15) is 0 Å². The fourth-order valence-corrected chi connectivity index (χ4v) is 1.28. The number of rotatable bonds is 6. The quantitative estimate of drug-likeness (QED) is 0.443. The van der Waals surface area contributed by atoms with E-state index in [4.69, 9.17) is 16.0 Å². The number of halogens is 1. The Morgan fingerprint density at radius 3 is 2.70 bits per heavy atom. The normalized spacial score (nSPS) is 13.8. The molecule has 0 rings (SSSR count). The Bertz CT molecular complexity index is 62.6. The molecular weight excluding hydrogens is 164 g/mol. The maximum absolute atomic E-state index is 5.56. The van der Waals surface area contributed by atoms with Crippen LogP contribution < -0.4 is 0 Å². The summed E-state index contributed by atoms with van der Waals surface area (Å²) in [4.78, 5) is 0. The summed E-state index contributed by atoms with van der Waals surface area (Å²) >= 11 is 5.56. The molecule has 0 fully saturated rings. The van der Waals surface area contributed by atoms with Gasteiger partial charge in [-0.3, -0.25) is 0 Å². The van der Waals surface area contributed by atoms with E-state index in [1.54, 1.807) is 0 Å². The van der Waals surface area contributed by atoms with Crippen molar-refractivity contribution in [2.45, 2.75) is 26.2 Å². The Balaban J connectivity index is 3.00. The van der Waals surface area contributed by atoms with Gasteiger partial charge in [0.2, 0.25) is 0 Å². The summed E-state index contributed by atoms with van der Waals surface area (Å²) in [6.45, 7) is 3.20. The monoisotopic (exact) mass is 180 g/mol. The van der Waals surface area contributed by atoms with E-state index in [0.29, 0.717) is 0 Å². The third-order valence-electron chi connectivity index (χ3n) is 1.65. The van der Waals surface area contributed by atoms with E-state index in [0.717, 1.165) is 35.3 Å². The van der Waals surface area contributed by atoms with Crippen molar-refractivity contribution in [1.82, 2.24) is 0 Å². The summed E-state index contributed by atoms with van der Waals surface area (Å²) in [5, 5.41) is 0. The third kappa shape index (κ3) is 6.58. The number of hydrogen-bond donors (Lipinski definition) is 0. The minimum absolute atomic E-state index is 0.785. The molecule has 0 heterocycles. The highest BCUT2D eigenvalue weighted by atomic mass is 35.5. The molecule has 0 amide bonds. The zero-order valence-electron chi connectivity index (χ0n) is 6.90. The van der Waals surface area contributed by atoms with Crippen LogP contribution in [0, 0.1) is 5.92 Å². The average molecular weight is 181 g/mol. The van der Waals surface area contributed by atoms with Gasteiger partial charge >= 0.3 is 0 Å². The molecule has 0 bridgehead atoms. The first kappa shape index (κ1) is 10.5. The van der Waals surface area contributed by atoms with Gasteiger partial charge in [0.1, 0.15) is 10.5 Å². The van der Waals surface area contributed by atoms with Crippen molar-refractivity contribution in [3.63, 3.8) is 0 Å². The fourth-order valence-electron chi connectivity index (χ4n) is 0.889. The summed E-state index contributed by atoms with van der Waals surface area (Å²) in [7, 11) is 0.873. The zero-order chi connectivity index (χ0) is 7.82. The topological polar surface area (TPSA) is 9.23 Å². The first-order chi connectivity index (χ1) is 4.81. The molecule has 0 saturated carbocycles. The van der Waals surface area contributed by atoms with E-state index in [1.807, 2.05) is 0 Å². The van der Waals surface area contributed by atoms with Crippen molar-refractivity contribution in [2.75, 3.05) is 12.5 Å². The molecule has 3 heteroatoms. The molecule has 1 atom stereocenters. The van der Waals surface area contributed by atoms with Gasteiger partial charge in [-0.2, -0.15) is 0 Å². The van der Waals surface area contributed by atoms with Gasteiger partial charge in [-0.1, -0.05) is 6.92 Å². The highest BCUT2D eigenvalue weighted by Crippen LogP contribution is 2.10. The minimum atomic E-state index is 0.785. The zero-order valence-corrected chi connectivity index (χ0v) is 9.66. The van der Waals surface area contributed by atoms with Crippen molar-refractivity contribution >= 4 is 22.1 Å². The standard InChI is InChI=1S/C7H17ClOSi/c1-7(3-2-5-8)4-6-9-10/h7H,2-6H2,1,10H3. The molecule has 0 aliphatic carbocycles. The lowest BCUT2D eigenvalue weighted by Gasteiger charge is -2.08. The Labute approximate surface area is 71.6 Å². The second kappa shape index (κ2) is 7.57. The van der Waals surface area contributed by atoms with Crippen LogP contribution in [0.25, 0.3) is 0 Å². The van der Waals surface area contributed by atoms with Gasteiger partial charge in [-0.25, -0.2) is 0 Å². The van der Waals surface area contributed by atoms with Crippen molar-refractivity contribution < 1.29 is 4.43 Å². The van der Waals surface area contributed by atoms with E-state index < -0.39 is 0 Å². The van der Waals surface area contributed by atoms with Gasteiger partial charge in [0.15, 0.2) is 0 Å². The third-order valence-corrected chi connectivity index (χ3v) is 2.32. The highest BCUT2D eigenvalue weighted by Gasteiger charge is 1.99. The Hall–Kier alpha value is 0.467. The van der Waals surface area contributed by atoms with E-state index in [1.165, 1.54) is 12.8 Å². The van der Waals surface area contributed by atoms with Crippen molar-refractivity contribution in [3.8, 4) is 0 Å². The molecule has 0 aromatic carbocycles. The molecule has 0 aromatic heterocycles.